The van der Waals surface area contributed by atoms with E-state index in [2.05, 4.69) is 34.3 Å². The Labute approximate surface area is 115 Å². The van der Waals surface area contributed by atoms with Crippen molar-refractivity contribution in [3.8, 4) is 0 Å². The van der Waals surface area contributed by atoms with Crippen molar-refractivity contribution in [3.63, 3.8) is 0 Å². The van der Waals surface area contributed by atoms with Crippen molar-refractivity contribution in [2.45, 2.75) is 20.4 Å². The van der Waals surface area contributed by atoms with Crippen LogP contribution in [0, 0.1) is 13.8 Å². The van der Waals surface area contributed by atoms with E-state index in [1.165, 1.54) is 9.75 Å². The number of aromatic nitrogens is 2. The molecule has 18 heavy (non-hydrogen) atoms. The van der Waals surface area contributed by atoms with Crippen molar-refractivity contribution in [2.24, 2.45) is 5.73 Å². The number of nitrogens with two attached hydrogens (primary N) is 1. The molecule has 2 heterocycles. The number of hydrogen-bond acceptors (Lipinski definition) is 5. The summed E-state index contributed by atoms with van der Waals surface area (Å²) in [5.74, 6) is 0.559. The Balaban J connectivity index is 2.11. The maximum Gasteiger partial charge on any atom is 0.223 e. The molecule has 0 unspecified atom stereocenters. The average molecular weight is 278 g/mol. The highest BCUT2D eigenvalue weighted by atomic mass is 32.1. The summed E-state index contributed by atoms with van der Waals surface area (Å²) in [4.78, 5) is 11.4. The quantitative estimate of drug-likeness (QED) is 0.841. The third kappa shape index (κ3) is 3.24. The zero-order chi connectivity index (χ0) is 13.1. The lowest BCUT2D eigenvalue weighted by atomic mass is 10.3. The molecule has 0 fully saturated rings. The Hall–Kier alpha value is -1.53. The van der Waals surface area contributed by atoms with Crippen LogP contribution in [-0.4, -0.2) is 15.0 Å². The van der Waals surface area contributed by atoms with Crippen molar-refractivity contribution in [3.05, 3.63) is 39.3 Å². The fraction of sp³-hybridized carbons (Fsp3) is 0.250. The minimum atomic E-state index is 0.288. The van der Waals surface area contributed by atoms with Gasteiger partial charge in [0.1, 0.15) is 10.7 Å². The van der Waals surface area contributed by atoms with Gasteiger partial charge in [-0.2, -0.15) is 0 Å². The first kappa shape index (κ1) is 12.9. The number of nitrogens with one attached hydrogen (secondary N) is 1. The molecule has 2 aromatic rings. The molecule has 4 nitrogen and oxygen atoms in total. The highest BCUT2D eigenvalue weighted by molar-refractivity contribution is 7.80. The third-order valence-electron chi connectivity index (χ3n) is 2.32. The molecule has 2 rings (SSSR count). The van der Waals surface area contributed by atoms with E-state index in [1.807, 2.05) is 6.92 Å². The molecule has 0 aromatic carbocycles. The van der Waals surface area contributed by atoms with Crippen LogP contribution < -0.4 is 11.1 Å². The summed E-state index contributed by atoms with van der Waals surface area (Å²) < 4.78 is 0. The van der Waals surface area contributed by atoms with Crippen LogP contribution in [0.15, 0.2) is 18.2 Å². The molecule has 0 aliphatic heterocycles. The van der Waals surface area contributed by atoms with Gasteiger partial charge in [0.25, 0.3) is 0 Å². The third-order valence-corrected chi connectivity index (χ3v) is 3.53. The summed E-state index contributed by atoms with van der Waals surface area (Å²) in [6.45, 7) is 4.69. The molecule has 0 aliphatic carbocycles. The van der Waals surface area contributed by atoms with E-state index in [9.17, 15) is 0 Å². The van der Waals surface area contributed by atoms with Gasteiger partial charge in [0.15, 0.2) is 0 Å². The normalized spacial score (nSPS) is 10.3. The van der Waals surface area contributed by atoms with E-state index in [-0.39, 0.29) is 4.99 Å². The number of aryl methyl sites for hydroxylation is 2. The molecule has 0 saturated heterocycles. The summed E-state index contributed by atoms with van der Waals surface area (Å²) in [6.07, 6.45) is 0. The van der Waals surface area contributed by atoms with Gasteiger partial charge in [-0.25, -0.2) is 9.97 Å². The molecule has 3 N–H and O–H groups in total. The van der Waals surface area contributed by atoms with E-state index in [1.54, 1.807) is 17.4 Å². The Kier molecular flexibility index (Phi) is 3.88. The van der Waals surface area contributed by atoms with E-state index in [4.69, 9.17) is 18.0 Å². The van der Waals surface area contributed by atoms with Crippen LogP contribution >= 0.6 is 23.6 Å². The first-order valence-electron chi connectivity index (χ1n) is 5.49. The van der Waals surface area contributed by atoms with Crippen LogP contribution in [0.3, 0.4) is 0 Å². The average Bonchev–Trinajstić information content (AvgIpc) is 2.72. The molecule has 0 radical (unpaired) electrons. The van der Waals surface area contributed by atoms with Gasteiger partial charge in [0.2, 0.25) is 5.95 Å². The highest BCUT2D eigenvalue weighted by Crippen LogP contribution is 2.16. The summed E-state index contributed by atoms with van der Waals surface area (Å²) in [5.41, 5.74) is 7.02. The highest BCUT2D eigenvalue weighted by Gasteiger charge is 2.04. The van der Waals surface area contributed by atoms with Gasteiger partial charge in [-0.05, 0) is 32.0 Å². The minimum absolute atomic E-state index is 0.288. The lowest BCUT2D eigenvalue weighted by molar-refractivity contribution is 1.03. The smallest absolute Gasteiger partial charge is 0.223 e. The number of thiocarbonyl (C=S) groups is 1. The maximum atomic E-state index is 5.58. The summed E-state index contributed by atoms with van der Waals surface area (Å²) in [6, 6.07) is 5.97. The van der Waals surface area contributed by atoms with Crippen molar-refractivity contribution in [2.75, 3.05) is 5.32 Å². The number of anilines is 1. The Morgan fingerprint density at radius 1 is 1.39 bits per heavy atom. The predicted molar refractivity (Wildman–Crippen MR) is 79.0 cm³/mol. The molecule has 94 valence electrons. The summed E-state index contributed by atoms with van der Waals surface area (Å²) in [5, 5.41) is 3.18. The van der Waals surface area contributed by atoms with Crippen LogP contribution in [0.4, 0.5) is 5.95 Å². The first-order valence-corrected chi connectivity index (χ1v) is 6.72. The maximum absolute atomic E-state index is 5.58. The topological polar surface area (TPSA) is 63.8 Å². The molecule has 0 saturated carbocycles. The van der Waals surface area contributed by atoms with Gasteiger partial charge in [0.05, 0.1) is 6.54 Å². The second kappa shape index (κ2) is 5.41. The number of thiophene rings is 1. The SMILES string of the molecule is Cc1cc(C(N)=S)nc(NCc2ccc(C)s2)n1. The molecule has 0 atom stereocenters. The summed E-state index contributed by atoms with van der Waals surface area (Å²) in [7, 11) is 0. The van der Waals surface area contributed by atoms with Crippen LogP contribution in [0.1, 0.15) is 21.1 Å². The lowest BCUT2D eigenvalue weighted by Gasteiger charge is -2.06. The largest absolute Gasteiger partial charge is 0.388 e. The van der Waals surface area contributed by atoms with Crippen molar-refractivity contribution in [1.82, 2.24) is 9.97 Å². The first-order chi connectivity index (χ1) is 8.54. The van der Waals surface area contributed by atoms with Crippen LogP contribution in [0.2, 0.25) is 0 Å². The zero-order valence-corrected chi connectivity index (χ0v) is 11.9. The van der Waals surface area contributed by atoms with E-state index < -0.39 is 0 Å². The second-order valence-electron chi connectivity index (χ2n) is 3.95. The standard InChI is InChI=1S/C12H14N4S2/c1-7-5-10(11(13)17)16-12(15-7)14-6-9-4-3-8(2)18-9/h3-5H,6H2,1-2H3,(H2,13,17)(H,14,15,16). The predicted octanol–water partition coefficient (Wildman–Crippen LogP) is 2.40. The number of hydrogen-bond donors (Lipinski definition) is 2. The fourth-order valence-electron chi connectivity index (χ4n) is 1.52. The van der Waals surface area contributed by atoms with Gasteiger partial charge in [0, 0.05) is 15.4 Å². The molecule has 0 bridgehead atoms. The molecule has 0 amide bonds. The Morgan fingerprint density at radius 3 is 2.78 bits per heavy atom. The van der Waals surface area contributed by atoms with Crippen LogP contribution in [-0.2, 0) is 6.54 Å². The van der Waals surface area contributed by atoms with Gasteiger partial charge >= 0.3 is 0 Å². The zero-order valence-electron chi connectivity index (χ0n) is 10.2. The molecule has 0 spiro atoms. The molecule has 6 heteroatoms. The van der Waals surface area contributed by atoms with Gasteiger partial charge in [-0.15, -0.1) is 11.3 Å². The Bertz CT molecular complexity index is 577. The van der Waals surface area contributed by atoms with Gasteiger partial charge < -0.3 is 11.1 Å². The minimum Gasteiger partial charge on any atom is -0.388 e. The lowest BCUT2D eigenvalue weighted by Crippen LogP contribution is -2.14. The summed E-state index contributed by atoms with van der Waals surface area (Å²) >= 11 is 6.68. The van der Waals surface area contributed by atoms with Crippen molar-refractivity contribution < 1.29 is 0 Å². The fourth-order valence-corrected chi connectivity index (χ4v) is 2.45. The number of nitrogens with zero attached hydrogens (tertiary/aromatic N) is 2. The van der Waals surface area contributed by atoms with Gasteiger partial charge in [-0.3, -0.25) is 0 Å². The molecular weight excluding hydrogens is 264 g/mol. The van der Waals surface area contributed by atoms with E-state index >= 15 is 0 Å². The van der Waals surface area contributed by atoms with Crippen LogP contribution in [0.5, 0.6) is 0 Å². The van der Waals surface area contributed by atoms with Crippen molar-refractivity contribution in [1.29, 1.82) is 0 Å². The van der Waals surface area contributed by atoms with E-state index in [0.717, 1.165) is 5.69 Å². The van der Waals surface area contributed by atoms with Crippen LogP contribution in [0.25, 0.3) is 0 Å². The number of rotatable bonds is 4. The molecule has 0 aliphatic rings. The Morgan fingerprint density at radius 2 is 2.17 bits per heavy atom. The van der Waals surface area contributed by atoms with Crippen molar-refractivity contribution >= 4 is 34.5 Å². The van der Waals surface area contributed by atoms with Gasteiger partial charge in [-0.1, -0.05) is 12.2 Å². The monoisotopic (exact) mass is 278 g/mol. The van der Waals surface area contributed by atoms with E-state index in [0.29, 0.717) is 18.2 Å². The molecule has 2 aromatic heterocycles. The molecular formula is C12H14N4S2. The second-order valence-corrected chi connectivity index (χ2v) is 5.76.